The van der Waals surface area contributed by atoms with E-state index in [1.807, 2.05) is 0 Å². The second-order valence-electron chi connectivity index (χ2n) is 7.07. The standard InChI is InChI=1S/C16H28N4/c1-11(2)20-16(18-10-19-20)9-15(17-3)8-14-7-12-4-5-13(14)6-12/h10-15,17H,4-9H2,1-3H3. The molecule has 0 amide bonds. The number of nitrogens with zero attached hydrogens (tertiary/aromatic N) is 3. The normalized spacial score (nSPS) is 30.3. The molecule has 4 nitrogen and oxygen atoms in total. The van der Waals surface area contributed by atoms with Gasteiger partial charge < -0.3 is 5.32 Å². The zero-order valence-corrected chi connectivity index (χ0v) is 13.0. The van der Waals surface area contributed by atoms with Crippen LogP contribution in [0.2, 0.25) is 0 Å². The molecule has 1 aromatic rings. The lowest BCUT2D eigenvalue weighted by atomic mass is 9.83. The monoisotopic (exact) mass is 276 g/mol. The van der Waals surface area contributed by atoms with Gasteiger partial charge in [0, 0.05) is 18.5 Å². The van der Waals surface area contributed by atoms with E-state index in [0.717, 1.165) is 30.0 Å². The zero-order valence-electron chi connectivity index (χ0n) is 13.0. The molecule has 4 unspecified atom stereocenters. The van der Waals surface area contributed by atoms with Crippen LogP contribution in [0.1, 0.15) is 57.8 Å². The van der Waals surface area contributed by atoms with Crippen LogP contribution in [0, 0.1) is 17.8 Å². The number of rotatable bonds is 6. The minimum Gasteiger partial charge on any atom is -0.317 e. The van der Waals surface area contributed by atoms with Crippen molar-refractivity contribution in [3.8, 4) is 0 Å². The average molecular weight is 276 g/mol. The van der Waals surface area contributed by atoms with Crippen molar-refractivity contribution < 1.29 is 0 Å². The largest absolute Gasteiger partial charge is 0.317 e. The van der Waals surface area contributed by atoms with E-state index < -0.39 is 0 Å². The third-order valence-corrected chi connectivity index (χ3v) is 5.45. The highest BCUT2D eigenvalue weighted by Crippen LogP contribution is 2.49. The van der Waals surface area contributed by atoms with Crippen molar-refractivity contribution in [2.75, 3.05) is 7.05 Å². The fraction of sp³-hybridized carbons (Fsp3) is 0.875. The van der Waals surface area contributed by atoms with Crippen LogP contribution in [0.25, 0.3) is 0 Å². The maximum atomic E-state index is 4.46. The van der Waals surface area contributed by atoms with Crippen LogP contribution >= 0.6 is 0 Å². The minimum atomic E-state index is 0.396. The molecular weight excluding hydrogens is 248 g/mol. The zero-order chi connectivity index (χ0) is 14.1. The Kier molecular flexibility index (Phi) is 4.11. The molecule has 4 heteroatoms. The second kappa shape index (κ2) is 5.84. The molecule has 4 atom stereocenters. The van der Waals surface area contributed by atoms with Gasteiger partial charge in [-0.2, -0.15) is 5.10 Å². The van der Waals surface area contributed by atoms with Gasteiger partial charge in [0.1, 0.15) is 12.2 Å². The van der Waals surface area contributed by atoms with Gasteiger partial charge in [-0.15, -0.1) is 0 Å². The number of nitrogens with one attached hydrogen (secondary N) is 1. The highest BCUT2D eigenvalue weighted by atomic mass is 15.3. The smallest absolute Gasteiger partial charge is 0.138 e. The summed E-state index contributed by atoms with van der Waals surface area (Å²) < 4.78 is 2.06. The van der Waals surface area contributed by atoms with Gasteiger partial charge in [-0.1, -0.05) is 6.42 Å². The van der Waals surface area contributed by atoms with Gasteiger partial charge in [0.2, 0.25) is 0 Å². The van der Waals surface area contributed by atoms with E-state index >= 15 is 0 Å². The predicted molar refractivity (Wildman–Crippen MR) is 80.5 cm³/mol. The Morgan fingerprint density at radius 1 is 1.35 bits per heavy atom. The molecule has 2 bridgehead atoms. The van der Waals surface area contributed by atoms with Crippen LogP contribution in [0.4, 0.5) is 0 Å². The highest BCUT2D eigenvalue weighted by Gasteiger charge is 2.40. The summed E-state index contributed by atoms with van der Waals surface area (Å²) in [6, 6.07) is 0.938. The predicted octanol–water partition coefficient (Wildman–Crippen LogP) is 2.82. The molecule has 0 radical (unpaired) electrons. The van der Waals surface area contributed by atoms with E-state index in [9.17, 15) is 0 Å². The summed E-state index contributed by atoms with van der Waals surface area (Å²) in [5.41, 5.74) is 0. The van der Waals surface area contributed by atoms with Crippen molar-refractivity contribution in [2.24, 2.45) is 17.8 Å². The molecule has 1 aromatic heterocycles. The first kappa shape index (κ1) is 14.1. The van der Waals surface area contributed by atoms with Gasteiger partial charge in [-0.05, 0) is 64.3 Å². The Hall–Kier alpha value is -0.900. The van der Waals surface area contributed by atoms with E-state index in [4.69, 9.17) is 0 Å². The molecule has 2 saturated carbocycles. The Morgan fingerprint density at radius 3 is 2.80 bits per heavy atom. The molecule has 1 heterocycles. The van der Waals surface area contributed by atoms with Gasteiger partial charge in [0.25, 0.3) is 0 Å². The Bertz CT molecular complexity index is 439. The molecule has 0 aromatic carbocycles. The maximum absolute atomic E-state index is 4.46. The molecule has 2 aliphatic rings. The number of hydrogen-bond donors (Lipinski definition) is 1. The Morgan fingerprint density at radius 2 is 2.20 bits per heavy atom. The molecular formula is C16H28N4. The SMILES string of the molecule is CNC(Cc1ncnn1C(C)C)CC1CC2CCC1C2. The van der Waals surface area contributed by atoms with Crippen LogP contribution in [-0.2, 0) is 6.42 Å². The molecule has 0 saturated heterocycles. The summed E-state index contributed by atoms with van der Waals surface area (Å²) in [5, 5.41) is 7.86. The molecule has 0 aliphatic heterocycles. The van der Waals surface area contributed by atoms with Crippen LogP contribution < -0.4 is 5.32 Å². The molecule has 0 spiro atoms. The quantitative estimate of drug-likeness (QED) is 0.869. The van der Waals surface area contributed by atoms with Crippen LogP contribution in [0.5, 0.6) is 0 Å². The number of hydrogen-bond acceptors (Lipinski definition) is 3. The van der Waals surface area contributed by atoms with Gasteiger partial charge in [-0.3, -0.25) is 0 Å². The summed E-state index contributed by atoms with van der Waals surface area (Å²) >= 11 is 0. The first-order valence-corrected chi connectivity index (χ1v) is 8.23. The number of fused-ring (bicyclic) bond motifs is 2. The topological polar surface area (TPSA) is 42.7 Å². The second-order valence-corrected chi connectivity index (χ2v) is 7.07. The van der Waals surface area contributed by atoms with Crippen molar-refractivity contribution in [1.82, 2.24) is 20.1 Å². The fourth-order valence-corrected chi connectivity index (χ4v) is 4.41. The summed E-state index contributed by atoms with van der Waals surface area (Å²) in [7, 11) is 2.09. The molecule has 2 fully saturated rings. The fourth-order valence-electron chi connectivity index (χ4n) is 4.41. The first-order chi connectivity index (χ1) is 9.67. The van der Waals surface area contributed by atoms with Gasteiger partial charge >= 0.3 is 0 Å². The Labute approximate surface area is 122 Å². The average Bonchev–Trinajstić information content (AvgIpc) is 3.13. The van der Waals surface area contributed by atoms with Crippen LogP contribution in [0.3, 0.4) is 0 Å². The van der Waals surface area contributed by atoms with Gasteiger partial charge in [0.05, 0.1) is 0 Å². The van der Waals surface area contributed by atoms with Crippen molar-refractivity contribution in [2.45, 2.75) is 64.5 Å². The highest BCUT2D eigenvalue weighted by molar-refractivity contribution is 4.95. The van der Waals surface area contributed by atoms with E-state index in [-0.39, 0.29) is 0 Å². The summed E-state index contributed by atoms with van der Waals surface area (Å²) in [4.78, 5) is 4.46. The molecule has 20 heavy (non-hydrogen) atoms. The number of likely N-dealkylation sites (N-methyl/N-ethyl adjacent to an activating group) is 1. The van der Waals surface area contributed by atoms with Crippen molar-refractivity contribution >= 4 is 0 Å². The van der Waals surface area contributed by atoms with Crippen LogP contribution in [0.15, 0.2) is 6.33 Å². The van der Waals surface area contributed by atoms with E-state index in [2.05, 4.69) is 41.0 Å². The van der Waals surface area contributed by atoms with Crippen molar-refractivity contribution in [3.05, 3.63) is 12.2 Å². The molecule has 112 valence electrons. The molecule has 3 rings (SSSR count). The van der Waals surface area contributed by atoms with E-state index in [1.54, 1.807) is 6.33 Å². The lowest BCUT2D eigenvalue weighted by Gasteiger charge is -2.26. The lowest BCUT2D eigenvalue weighted by molar-refractivity contribution is 0.279. The summed E-state index contributed by atoms with van der Waals surface area (Å²) in [6.45, 7) is 4.34. The third-order valence-electron chi connectivity index (χ3n) is 5.45. The van der Waals surface area contributed by atoms with Crippen LogP contribution in [-0.4, -0.2) is 27.9 Å². The lowest BCUT2D eigenvalue weighted by Crippen LogP contribution is -2.32. The van der Waals surface area contributed by atoms with Crippen molar-refractivity contribution in [1.29, 1.82) is 0 Å². The van der Waals surface area contributed by atoms with Gasteiger partial charge in [0.15, 0.2) is 0 Å². The number of aromatic nitrogens is 3. The van der Waals surface area contributed by atoms with E-state index in [1.165, 1.54) is 32.1 Å². The first-order valence-electron chi connectivity index (χ1n) is 8.23. The Balaban J connectivity index is 1.61. The molecule has 1 N–H and O–H groups in total. The third kappa shape index (κ3) is 2.76. The molecule has 2 aliphatic carbocycles. The van der Waals surface area contributed by atoms with Crippen molar-refractivity contribution in [3.63, 3.8) is 0 Å². The van der Waals surface area contributed by atoms with Gasteiger partial charge in [-0.25, -0.2) is 9.67 Å². The minimum absolute atomic E-state index is 0.396. The van der Waals surface area contributed by atoms with E-state index in [0.29, 0.717) is 12.1 Å². The summed E-state index contributed by atoms with van der Waals surface area (Å²) in [6.07, 6.45) is 9.95. The maximum Gasteiger partial charge on any atom is 0.138 e. The summed E-state index contributed by atoms with van der Waals surface area (Å²) in [5.74, 6) is 4.13.